The van der Waals surface area contributed by atoms with Crippen molar-refractivity contribution < 1.29 is 9.59 Å². The van der Waals surface area contributed by atoms with E-state index in [1.165, 1.54) is 0 Å². The highest BCUT2D eigenvalue weighted by Gasteiger charge is 2.27. The molecule has 0 spiro atoms. The number of piperidine rings is 1. The van der Waals surface area contributed by atoms with Gasteiger partial charge in [-0.2, -0.15) is 0 Å². The van der Waals surface area contributed by atoms with Crippen LogP contribution >= 0.6 is 15.9 Å². The van der Waals surface area contributed by atoms with Gasteiger partial charge in [0.2, 0.25) is 5.91 Å². The van der Waals surface area contributed by atoms with Crippen LogP contribution in [0.3, 0.4) is 0 Å². The van der Waals surface area contributed by atoms with Crippen LogP contribution in [0.5, 0.6) is 0 Å². The third kappa shape index (κ3) is 3.19. The second kappa shape index (κ2) is 6.37. The van der Waals surface area contributed by atoms with Crippen LogP contribution in [0.25, 0.3) is 0 Å². The molecule has 1 aromatic rings. The molecular formula is C14H18BrN3O2. The first kappa shape index (κ1) is 15.0. The molecule has 0 radical (unpaired) electrons. The van der Waals surface area contributed by atoms with E-state index in [9.17, 15) is 9.59 Å². The SMILES string of the molecule is Cc1ccc(C(=O)N2CCC(C(=O)NN)CC2)cc1Br. The summed E-state index contributed by atoms with van der Waals surface area (Å²) in [6.07, 6.45) is 1.31. The maximum Gasteiger partial charge on any atom is 0.253 e. The minimum absolute atomic E-state index is 0.0114. The maximum atomic E-state index is 12.4. The molecule has 0 aliphatic carbocycles. The number of likely N-dealkylation sites (tertiary alicyclic amines) is 1. The quantitative estimate of drug-likeness (QED) is 0.488. The molecule has 5 nitrogen and oxygen atoms in total. The van der Waals surface area contributed by atoms with Gasteiger partial charge in [-0.15, -0.1) is 0 Å². The molecule has 108 valence electrons. The van der Waals surface area contributed by atoms with Crippen molar-refractivity contribution in [2.75, 3.05) is 13.1 Å². The summed E-state index contributed by atoms with van der Waals surface area (Å²) < 4.78 is 0.931. The minimum atomic E-state index is -0.143. The summed E-state index contributed by atoms with van der Waals surface area (Å²) in [5, 5.41) is 0. The van der Waals surface area contributed by atoms with Crippen LogP contribution in [0.4, 0.5) is 0 Å². The van der Waals surface area contributed by atoms with Crippen molar-refractivity contribution in [3.63, 3.8) is 0 Å². The van der Waals surface area contributed by atoms with Crippen LogP contribution in [0, 0.1) is 12.8 Å². The van der Waals surface area contributed by atoms with Crippen LogP contribution < -0.4 is 11.3 Å². The van der Waals surface area contributed by atoms with Gasteiger partial charge in [0.15, 0.2) is 0 Å². The van der Waals surface area contributed by atoms with E-state index >= 15 is 0 Å². The van der Waals surface area contributed by atoms with Crippen molar-refractivity contribution >= 4 is 27.7 Å². The summed E-state index contributed by atoms with van der Waals surface area (Å²) >= 11 is 3.44. The van der Waals surface area contributed by atoms with Crippen molar-refractivity contribution in [1.82, 2.24) is 10.3 Å². The van der Waals surface area contributed by atoms with E-state index in [2.05, 4.69) is 21.4 Å². The Bertz CT molecular complexity index is 525. The lowest BCUT2D eigenvalue weighted by atomic mass is 9.95. The van der Waals surface area contributed by atoms with Gasteiger partial charge in [-0.3, -0.25) is 15.0 Å². The molecule has 1 aliphatic rings. The summed E-state index contributed by atoms with van der Waals surface area (Å²) in [7, 11) is 0. The molecule has 0 unspecified atom stereocenters. The first-order valence-electron chi connectivity index (χ1n) is 6.59. The monoisotopic (exact) mass is 339 g/mol. The van der Waals surface area contributed by atoms with Gasteiger partial charge in [-0.1, -0.05) is 22.0 Å². The summed E-state index contributed by atoms with van der Waals surface area (Å²) in [5.74, 6) is 4.91. The summed E-state index contributed by atoms with van der Waals surface area (Å²) in [4.78, 5) is 25.6. The Morgan fingerprint density at radius 1 is 1.35 bits per heavy atom. The van der Waals surface area contributed by atoms with Gasteiger partial charge >= 0.3 is 0 Å². The zero-order chi connectivity index (χ0) is 14.7. The Hall–Kier alpha value is -1.40. The van der Waals surface area contributed by atoms with Gasteiger partial charge in [0.1, 0.15) is 0 Å². The molecular weight excluding hydrogens is 322 g/mol. The Labute approximate surface area is 126 Å². The zero-order valence-electron chi connectivity index (χ0n) is 11.4. The molecule has 1 aliphatic heterocycles. The molecule has 1 heterocycles. The molecule has 1 saturated heterocycles. The normalized spacial score (nSPS) is 16.1. The minimum Gasteiger partial charge on any atom is -0.339 e. The first-order valence-corrected chi connectivity index (χ1v) is 7.38. The number of hydrazine groups is 1. The van der Waals surface area contributed by atoms with E-state index in [0.29, 0.717) is 31.5 Å². The molecule has 1 fully saturated rings. The molecule has 3 N–H and O–H groups in total. The highest BCUT2D eigenvalue weighted by Crippen LogP contribution is 2.22. The number of hydrogen-bond acceptors (Lipinski definition) is 3. The number of halogens is 1. The first-order chi connectivity index (χ1) is 9.52. The Balaban J connectivity index is 2.01. The number of benzene rings is 1. The molecule has 2 rings (SSSR count). The van der Waals surface area contributed by atoms with Gasteiger partial charge < -0.3 is 4.90 Å². The molecule has 20 heavy (non-hydrogen) atoms. The van der Waals surface area contributed by atoms with E-state index in [1.807, 2.05) is 25.1 Å². The Morgan fingerprint density at radius 2 is 2.00 bits per heavy atom. The van der Waals surface area contributed by atoms with Crippen LogP contribution in [0.2, 0.25) is 0 Å². The summed E-state index contributed by atoms with van der Waals surface area (Å²) in [6, 6.07) is 5.60. The number of amides is 2. The fourth-order valence-electron chi connectivity index (χ4n) is 2.37. The maximum absolute atomic E-state index is 12.4. The molecule has 0 saturated carbocycles. The van der Waals surface area contributed by atoms with Crippen molar-refractivity contribution in [3.8, 4) is 0 Å². The number of nitrogens with one attached hydrogen (secondary N) is 1. The summed E-state index contributed by atoms with van der Waals surface area (Å²) in [5.41, 5.74) is 3.94. The molecule has 2 amide bonds. The van der Waals surface area contributed by atoms with Crippen molar-refractivity contribution in [1.29, 1.82) is 0 Å². The van der Waals surface area contributed by atoms with Crippen molar-refractivity contribution in [2.45, 2.75) is 19.8 Å². The number of hydrogen-bond donors (Lipinski definition) is 2. The Morgan fingerprint density at radius 3 is 2.55 bits per heavy atom. The van der Waals surface area contributed by atoms with Crippen LogP contribution in [0.15, 0.2) is 22.7 Å². The van der Waals surface area contributed by atoms with Crippen molar-refractivity contribution in [3.05, 3.63) is 33.8 Å². The van der Waals surface area contributed by atoms with Gasteiger partial charge in [-0.05, 0) is 37.5 Å². The largest absolute Gasteiger partial charge is 0.339 e. The third-order valence-corrected chi connectivity index (χ3v) is 4.57. The molecule has 0 aromatic heterocycles. The molecule has 6 heteroatoms. The van der Waals surface area contributed by atoms with E-state index in [-0.39, 0.29) is 17.7 Å². The standard InChI is InChI=1S/C14H18BrN3O2/c1-9-2-3-11(8-12(9)15)14(20)18-6-4-10(5-7-18)13(19)17-16/h2-3,8,10H,4-7,16H2,1H3,(H,17,19). The lowest BCUT2D eigenvalue weighted by molar-refractivity contribution is -0.126. The average Bonchev–Trinajstić information content (AvgIpc) is 2.48. The molecule has 1 aromatic carbocycles. The smallest absolute Gasteiger partial charge is 0.253 e. The number of carbonyl (C=O) groups is 2. The molecule has 0 atom stereocenters. The zero-order valence-corrected chi connectivity index (χ0v) is 12.9. The number of aryl methyl sites for hydroxylation is 1. The molecule has 0 bridgehead atoms. The highest BCUT2D eigenvalue weighted by molar-refractivity contribution is 9.10. The lowest BCUT2D eigenvalue weighted by Gasteiger charge is -2.31. The van der Waals surface area contributed by atoms with E-state index < -0.39 is 0 Å². The van der Waals surface area contributed by atoms with Crippen LogP contribution in [0.1, 0.15) is 28.8 Å². The number of rotatable bonds is 2. The van der Waals surface area contributed by atoms with Crippen molar-refractivity contribution in [2.24, 2.45) is 11.8 Å². The summed E-state index contributed by atoms with van der Waals surface area (Å²) in [6.45, 7) is 3.15. The second-order valence-corrected chi connectivity index (χ2v) is 5.89. The topological polar surface area (TPSA) is 75.4 Å². The fraction of sp³-hybridized carbons (Fsp3) is 0.429. The Kier molecular flexibility index (Phi) is 4.77. The second-order valence-electron chi connectivity index (χ2n) is 5.04. The number of nitrogens with zero attached hydrogens (tertiary/aromatic N) is 1. The van der Waals surface area contributed by atoms with Crippen LogP contribution in [-0.2, 0) is 4.79 Å². The predicted molar refractivity (Wildman–Crippen MR) is 79.8 cm³/mol. The number of carbonyl (C=O) groups excluding carboxylic acids is 2. The van der Waals surface area contributed by atoms with Gasteiger partial charge in [0, 0.05) is 29.0 Å². The van der Waals surface area contributed by atoms with E-state index in [0.717, 1.165) is 10.0 Å². The third-order valence-electron chi connectivity index (χ3n) is 3.71. The predicted octanol–water partition coefficient (Wildman–Crippen LogP) is 1.60. The van der Waals surface area contributed by atoms with Gasteiger partial charge in [-0.25, -0.2) is 5.84 Å². The van der Waals surface area contributed by atoms with Gasteiger partial charge in [0.05, 0.1) is 0 Å². The van der Waals surface area contributed by atoms with Gasteiger partial charge in [0.25, 0.3) is 5.91 Å². The number of nitrogens with two attached hydrogens (primary N) is 1. The lowest BCUT2D eigenvalue weighted by Crippen LogP contribution is -2.44. The van der Waals surface area contributed by atoms with Crippen LogP contribution in [-0.4, -0.2) is 29.8 Å². The van der Waals surface area contributed by atoms with E-state index in [1.54, 1.807) is 4.90 Å². The fourth-order valence-corrected chi connectivity index (χ4v) is 2.75. The average molecular weight is 340 g/mol. The van der Waals surface area contributed by atoms with E-state index in [4.69, 9.17) is 5.84 Å². The highest BCUT2D eigenvalue weighted by atomic mass is 79.9.